The van der Waals surface area contributed by atoms with E-state index in [1.54, 1.807) is 6.08 Å². The molecule has 2 nitrogen and oxygen atoms in total. The van der Waals surface area contributed by atoms with Crippen LogP contribution in [0.2, 0.25) is 0 Å². The minimum absolute atomic E-state index is 0.135. The van der Waals surface area contributed by atoms with Crippen LogP contribution in [-0.4, -0.2) is 11.5 Å². The molecule has 0 aromatic heterocycles. The zero-order valence-electron chi connectivity index (χ0n) is 10.1. The number of carbonyl (C=O) groups excluding carboxylic acids is 1. The van der Waals surface area contributed by atoms with E-state index in [-0.39, 0.29) is 11.7 Å². The van der Waals surface area contributed by atoms with Gasteiger partial charge in [-0.05, 0) is 31.4 Å². The summed E-state index contributed by atoms with van der Waals surface area (Å²) in [5, 5.41) is 0. The Kier molecular flexibility index (Phi) is 2.90. The van der Waals surface area contributed by atoms with Gasteiger partial charge in [0.25, 0.3) is 0 Å². The number of fused-ring (bicyclic) bond motifs is 1. The summed E-state index contributed by atoms with van der Waals surface area (Å²) in [7, 11) is 0. The van der Waals surface area contributed by atoms with Gasteiger partial charge < -0.3 is 0 Å². The smallest absolute Gasteiger partial charge is 0.170 e. The molecule has 84 valence electrons. The van der Waals surface area contributed by atoms with Crippen molar-refractivity contribution in [2.75, 3.05) is 0 Å². The second-order valence-electron chi connectivity index (χ2n) is 4.43. The van der Waals surface area contributed by atoms with Gasteiger partial charge in [0.05, 0.1) is 11.6 Å². The van der Waals surface area contributed by atoms with Crippen LogP contribution in [0, 0.1) is 5.92 Å². The van der Waals surface area contributed by atoms with Gasteiger partial charge in [-0.25, -0.2) is 0 Å². The number of nitrogens with zero attached hydrogens (tertiary/aromatic N) is 1. The monoisotopic (exact) mass is 215 g/mol. The van der Waals surface area contributed by atoms with E-state index in [4.69, 9.17) is 0 Å². The van der Waals surface area contributed by atoms with Crippen LogP contribution in [0.5, 0.6) is 0 Å². The predicted octanol–water partition coefficient (Wildman–Crippen LogP) is 3.22. The van der Waals surface area contributed by atoms with Gasteiger partial charge in [0.1, 0.15) is 0 Å². The van der Waals surface area contributed by atoms with Crippen LogP contribution in [0.3, 0.4) is 0 Å². The number of aliphatic imine (C=N–C) groups is 1. The molecule has 0 aromatic carbocycles. The minimum atomic E-state index is -0.135. The summed E-state index contributed by atoms with van der Waals surface area (Å²) < 4.78 is 0. The molecular weight excluding hydrogens is 198 g/mol. The fraction of sp³-hybridized carbons (Fsp3) is 0.429. The molecule has 1 aliphatic heterocycles. The van der Waals surface area contributed by atoms with Crippen LogP contribution in [0.15, 0.2) is 40.1 Å². The Labute approximate surface area is 96.5 Å². The van der Waals surface area contributed by atoms with Crippen LogP contribution in [-0.2, 0) is 4.79 Å². The van der Waals surface area contributed by atoms with Gasteiger partial charge in [-0.15, -0.1) is 0 Å². The van der Waals surface area contributed by atoms with Crippen LogP contribution in [0.4, 0.5) is 0 Å². The summed E-state index contributed by atoms with van der Waals surface area (Å²) in [5.74, 6) is 0.0425. The van der Waals surface area contributed by atoms with E-state index < -0.39 is 0 Å². The Hall–Kier alpha value is -1.44. The van der Waals surface area contributed by atoms with Crippen LogP contribution < -0.4 is 0 Å². The summed E-state index contributed by atoms with van der Waals surface area (Å²) in [6.45, 7) is 6.21. The van der Waals surface area contributed by atoms with Gasteiger partial charge >= 0.3 is 0 Å². The highest BCUT2D eigenvalue weighted by Gasteiger charge is 2.28. The molecule has 0 aromatic rings. The van der Waals surface area contributed by atoms with Crippen LogP contribution in [0.25, 0.3) is 0 Å². The lowest BCUT2D eigenvalue weighted by atomic mass is 9.84. The van der Waals surface area contributed by atoms with Gasteiger partial charge in [0.2, 0.25) is 0 Å². The summed E-state index contributed by atoms with van der Waals surface area (Å²) in [4.78, 5) is 16.6. The molecule has 1 aliphatic carbocycles. The zero-order chi connectivity index (χ0) is 11.7. The molecule has 0 fully saturated rings. The molecule has 2 rings (SSSR count). The number of allylic oxidation sites excluding steroid dienone is 6. The highest BCUT2D eigenvalue weighted by molar-refractivity contribution is 6.20. The van der Waals surface area contributed by atoms with Crippen molar-refractivity contribution >= 4 is 11.5 Å². The second kappa shape index (κ2) is 4.20. The fourth-order valence-electron chi connectivity index (χ4n) is 2.10. The fourth-order valence-corrected chi connectivity index (χ4v) is 2.10. The molecule has 0 bridgehead atoms. The number of hydrogen-bond acceptors (Lipinski definition) is 2. The van der Waals surface area contributed by atoms with Crippen molar-refractivity contribution in [2.45, 2.75) is 33.6 Å². The van der Waals surface area contributed by atoms with E-state index in [9.17, 15) is 4.79 Å². The quantitative estimate of drug-likeness (QED) is 0.695. The van der Waals surface area contributed by atoms with E-state index in [2.05, 4.69) is 18.8 Å². The molecule has 2 heteroatoms. The summed E-state index contributed by atoms with van der Waals surface area (Å²) in [6.07, 6.45) is 7.60. The third kappa shape index (κ3) is 1.80. The molecule has 0 radical (unpaired) electrons. The normalized spacial score (nSPS) is 24.2. The lowest BCUT2D eigenvalue weighted by Gasteiger charge is -2.23. The van der Waals surface area contributed by atoms with Gasteiger partial charge in [0, 0.05) is 11.8 Å². The topological polar surface area (TPSA) is 29.4 Å². The van der Waals surface area contributed by atoms with Crippen molar-refractivity contribution < 1.29 is 4.79 Å². The zero-order valence-corrected chi connectivity index (χ0v) is 10.1. The first-order chi connectivity index (χ1) is 7.63. The maximum Gasteiger partial charge on any atom is 0.170 e. The lowest BCUT2D eigenvalue weighted by Crippen LogP contribution is -2.27. The molecule has 0 amide bonds. The van der Waals surface area contributed by atoms with Crippen molar-refractivity contribution in [3.63, 3.8) is 0 Å². The van der Waals surface area contributed by atoms with E-state index >= 15 is 0 Å². The van der Waals surface area contributed by atoms with Gasteiger partial charge in [0.15, 0.2) is 5.78 Å². The molecular formula is C14H17NO. The highest BCUT2D eigenvalue weighted by atomic mass is 16.1. The van der Waals surface area contributed by atoms with E-state index in [0.29, 0.717) is 0 Å². The van der Waals surface area contributed by atoms with Crippen molar-refractivity contribution in [3.05, 3.63) is 35.1 Å². The largest absolute Gasteiger partial charge is 0.294 e. The second-order valence-corrected chi connectivity index (χ2v) is 4.43. The summed E-state index contributed by atoms with van der Waals surface area (Å²) in [6, 6.07) is 0. The molecule has 0 saturated carbocycles. The molecule has 0 spiro atoms. The SMILES string of the molecule is CCCC1=CC(=O)C2C=CC(C)=C(C)C2=N1. The first kappa shape index (κ1) is 11.1. The number of carbonyl (C=O) groups is 1. The van der Waals surface area contributed by atoms with Gasteiger partial charge in [-0.3, -0.25) is 9.79 Å². The Morgan fingerprint density at radius 2 is 2.12 bits per heavy atom. The van der Waals surface area contributed by atoms with Crippen LogP contribution >= 0.6 is 0 Å². The predicted molar refractivity (Wildman–Crippen MR) is 66.4 cm³/mol. The molecule has 2 aliphatic rings. The van der Waals surface area contributed by atoms with E-state index in [0.717, 1.165) is 29.8 Å². The van der Waals surface area contributed by atoms with Gasteiger partial charge in [-0.2, -0.15) is 0 Å². The first-order valence-corrected chi connectivity index (χ1v) is 5.82. The molecule has 1 unspecified atom stereocenters. The average molecular weight is 215 g/mol. The van der Waals surface area contributed by atoms with Gasteiger partial charge in [-0.1, -0.05) is 25.5 Å². The number of hydrogen-bond donors (Lipinski definition) is 0. The first-order valence-electron chi connectivity index (χ1n) is 5.82. The Morgan fingerprint density at radius 3 is 2.81 bits per heavy atom. The number of rotatable bonds is 2. The maximum absolute atomic E-state index is 11.9. The third-order valence-corrected chi connectivity index (χ3v) is 3.19. The summed E-state index contributed by atoms with van der Waals surface area (Å²) in [5.41, 5.74) is 4.25. The molecule has 0 saturated heterocycles. The molecule has 0 N–H and O–H groups in total. The standard InChI is InChI=1S/C14H17NO/c1-4-5-11-8-13(16)12-7-6-9(2)10(3)14(12)15-11/h6-8,12H,4-5H2,1-3H3. The Balaban J connectivity index is 2.41. The Bertz CT molecular complexity index is 449. The van der Waals surface area contributed by atoms with Crippen molar-refractivity contribution in [1.82, 2.24) is 0 Å². The summed E-state index contributed by atoms with van der Waals surface area (Å²) >= 11 is 0. The molecule has 1 atom stereocenters. The van der Waals surface area contributed by atoms with Crippen molar-refractivity contribution in [1.29, 1.82) is 0 Å². The third-order valence-electron chi connectivity index (χ3n) is 3.19. The average Bonchev–Trinajstić information content (AvgIpc) is 2.25. The van der Waals surface area contributed by atoms with Crippen molar-refractivity contribution in [3.8, 4) is 0 Å². The lowest BCUT2D eigenvalue weighted by molar-refractivity contribution is -0.115. The maximum atomic E-state index is 11.9. The molecule has 16 heavy (non-hydrogen) atoms. The number of ketones is 1. The van der Waals surface area contributed by atoms with E-state index in [1.807, 2.05) is 19.1 Å². The van der Waals surface area contributed by atoms with E-state index in [1.165, 1.54) is 5.57 Å². The highest BCUT2D eigenvalue weighted by Crippen LogP contribution is 2.27. The van der Waals surface area contributed by atoms with Crippen molar-refractivity contribution in [2.24, 2.45) is 10.9 Å². The van der Waals surface area contributed by atoms with Crippen LogP contribution in [0.1, 0.15) is 33.6 Å². The Morgan fingerprint density at radius 1 is 1.38 bits per heavy atom. The minimum Gasteiger partial charge on any atom is -0.294 e. The molecule has 1 heterocycles.